The zero-order valence-electron chi connectivity index (χ0n) is 15.8. The fourth-order valence-electron chi connectivity index (χ4n) is 2.88. The summed E-state index contributed by atoms with van der Waals surface area (Å²) in [5.74, 6) is -0.189. The van der Waals surface area contributed by atoms with E-state index in [1.54, 1.807) is 24.3 Å². The van der Waals surface area contributed by atoms with Crippen molar-refractivity contribution in [3.8, 4) is 0 Å². The fourth-order valence-corrected chi connectivity index (χ4v) is 4.53. The van der Waals surface area contributed by atoms with Gasteiger partial charge in [-0.2, -0.15) is 4.31 Å². The predicted octanol–water partition coefficient (Wildman–Crippen LogP) is 0.612. The highest BCUT2D eigenvalue weighted by Gasteiger charge is 2.29. The van der Waals surface area contributed by atoms with Gasteiger partial charge in [-0.15, -0.1) is 0 Å². The minimum atomic E-state index is -3.58. The number of hydrogen-bond acceptors (Lipinski definition) is 5. The molecule has 7 nitrogen and oxygen atoms in total. The van der Waals surface area contributed by atoms with Gasteiger partial charge in [0, 0.05) is 32.7 Å². The minimum absolute atomic E-state index is 0.0688. The Balaban J connectivity index is 2.13. The predicted molar refractivity (Wildman–Crippen MR) is 102 cm³/mol. The second-order valence-electron chi connectivity index (χ2n) is 6.94. The largest absolute Gasteiger partial charge is 0.351 e. The molecule has 0 aliphatic carbocycles. The Morgan fingerprint density at radius 1 is 1.23 bits per heavy atom. The number of sulfonamides is 1. The summed E-state index contributed by atoms with van der Waals surface area (Å²) in [6, 6.07) is 6.22. The summed E-state index contributed by atoms with van der Waals surface area (Å²) in [5, 5.41) is 2.78. The first kappa shape index (κ1) is 20.8. The minimum Gasteiger partial charge on any atom is -0.351 e. The van der Waals surface area contributed by atoms with Crippen molar-refractivity contribution in [3.05, 3.63) is 29.8 Å². The summed E-state index contributed by atoms with van der Waals surface area (Å²) < 4.78 is 27.5. The van der Waals surface area contributed by atoms with Crippen LogP contribution < -0.4 is 11.1 Å². The average molecular weight is 383 g/mol. The van der Waals surface area contributed by atoms with Crippen LogP contribution in [0.15, 0.2) is 29.2 Å². The van der Waals surface area contributed by atoms with E-state index in [4.69, 9.17) is 5.73 Å². The number of amides is 1. The van der Waals surface area contributed by atoms with Crippen LogP contribution in [0.1, 0.15) is 25.8 Å². The van der Waals surface area contributed by atoms with E-state index in [-0.39, 0.29) is 23.3 Å². The Labute approximate surface area is 156 Å². The van der Waals surface area contributed by atoms with Gasteiger partial charge >= 0.3 is 0 Å². The van der Waals surface area contributed by atoms with Crippen LogP contribution in [0.25, 0.3) is 0 Å². The molecule has 0 spiro atoms. The lowest BCUT2D eigenvalue weighted by Crippen LogP contribution is -2.47. The lowest BCUT2D eigenvalue weighted by Gasteiger charge is -2.32. The van der Waals surface area contributed by atoms with Crippen LogP contribution >= 0.6 is 0 Å². The average Bonchev–Trinajstić information content (AvgIpc) is 2.65. The molecule has 0 saturated carbocycles. The highest BCUT2D eigenvalue weighted by molar-refractivity contribution is 7.89. The molecule has 0 aromatic heterocycles. The van der Waals surface area contributed by atoms with E-state index in [1.807, 2.05) is 20.9 Å². The summed E-state index contributed by atoms with van der Waals surface area (Å²) in [6.45, 7) is 6.42. The molecule has 1 aromatic carbocycles. The Kier molecular flexibility index (Phi) is 7.16. The number of hydrogen-bond donors (Lipinski definition) is 2. The van der Waals surface area contributed by atoms with Crippen LogP contribution in [0.5, 0.6) is 0 Å². The number of benzene rings is 1. The summed E-state index contributed by atoms with van der Waals surface area (Å²) in [4.78, 5) is 14.6. The molecule has 2 rings (SSSR count). The third kappa shape index (κ3) is 4.82. The Morgan fingerprint density at radius 3 is 2.46 bits per heavy atom. The van der Waals surface area contributed by atoms with Gasteiger partial charge in [0.15, 0.2) is 0 Å². The van der Waals surface area contributed by atoms with Crippen LogP contribution in [-0.4, -0.2) is 62.8 Å². The molecule has 0 radical (unpaired) electrons. The normalized spacial score (nSPS) is 19.1. The van der Waals surface area contributed by atoms with Crippen LogP contribution in [0, 0.1) is 5.92 Å². The number of piperazine rings is 1. The second kappa shape index (κ2) is 8.94. The fraction of sp³-hybridized carbons (Fsp3) is 0.611. The SMILES string of the molecule is CCC(C)C(N)C(=O)NCc1ccccc1S(=O)(=O)N1CCN(C)CC1. The number of carbonyl (C=O) groups excluding carboxylic acids is 1. The Morgan fingerprint density at radius 2 is 1.85 bits per heavy atom. The molecule has 1 aliphatic rings. The van der Waals surface area contributed by atoms with E-state index in [1.165, 1.54) is 4.31 Å². The third-order valence-electron chi connectivity index (χ3n) is 5.07. The zero-order chi connectivity index (χ0) is 19.3. The molecular formula is C18H30N4O3S. The molecule has 1 saturated heterocycles. The molecule has 1 heterocycles. The Bertz CT molecular complexity index is 715. The molecule has 2 unspecified atom stereocenters. The Hall–Kier alpha value is -1.48. The van der Waals surface area contributed by atoms with Crippen molar-refractivity contribution in [1.82, 2.24) is 14.5 Å². The van der Waals surface area contributed by atoms with Crippen molar-refractivity contribution in [2.45, 2.75) is 37.8 Å². The zero-order valence-corrected chi connectivity index (χ0v) is 16.6. The van der Waals surface area contributed by atoms with Gasteiger partial charge < -0.3 is 16.0 Å². The maximum atomic E-state index is 13.0. The standard InChI is InChI=1S/C18H30N4O3S/c1-4-14(2)17(19)18(23)20-13-15-7-5-6-8-16(15)26(24,25)22-11-9-21(3)10-12-22/h5-8,14,17H,4,9-13,19H2,1-3H3,(H,20,23). The summed E-state index contributed by atoms with van der Waals surface area (Å²) in [5.41, 5.74) is 6.53. The molecule has 1 amide bonds. The van der Waals surface area contributed by atoms with Crippen molar-refractivity contribution >= 4 is 15.9 Å². The molecule has 146 valence electrons. The topological polar surface area (TPSA) is 95.7 Å². The van der Waals surface area contributed by atoms with Crippen LogP contribution in [0.2, 0.25) is 0 Å². The first-order chi connectivity index (χ1) is 12.3. The van der Waals surface area contributed by atoms with Crippen LogP contribution in [0.4, 0.5) is 0 Å². The van der Waals surface area contributed by atoms with Gasteiger partial charge in [-0.05, 0) is 24.6 Å². The van der Waals surface area contributed by atoms with Gasteiger partial charge in [0.25, 0.3) is 0 Å². The summed E-state index contributed by atoms with van der Waals surface area (Å²) >= 11 is 0. The van der Waals surface area contributed by atoms with E-state index in [0.29, 0.717) is 31.7 Å². The number of carbonyl (C=O) groups is 1. The first-order valence-electron chi connectivity index (χ1n) is 9.07. The number of nitrogens with one attached hydrogen (secondary N) is 1. The molecule has 1 aliphatic heterocycles. The van der Waals surface area contributed by atoms with Gasteiger partial charge in [0.1, 0.15) is 0 Å². The quantitative estimate of drug-likeness (QED) is 0.720. The monoisotopic (exact) mass is 382 g/mol. The van der Waals surface area contributed by atoms with E-state index in [9.17, 15) is 13.2 Å². The van der Waals surface area contributed by atoms with Crippen molar-refractivity contribution < 1.29 is 13.2 Å². The molecule has 8 heteroatoms. The maximum absolute atomic E-state index is 13.0. The lowest BCUT2D eigenvalue weighted by atomic mass is 9.99. The lowest BCUT2D eigenvalue weighted by molar-refractivity contribution is -0.123. The summed E-state index contributed by atoms with van der Waals surface area (Å²) in [7, 11) is -1.60. The first-order valence-corrected chi connectivity index (χ1v) is 10.5. The second-order valence-corrected chi connectivity index (χ2v) is 8.85. The van der Waals surface area contributed by atoms with Gasteiger partial charge in [0.05, 0.1) is 10.9 Å². The molecular weight excluding hydrogens is 352 g/mol. The molecule has 0 bridgehead atoms. The number of nitrogens with two attached hydrogens (primary N) is 1. The molecule has 3 N–H and O–H groups in total. The number of nitrogens with zero attached hydrogens (tertiary/aromatic N) is 2. The number of rotatable bonds is 7. The van der Waals surface area contributed by atoms with Crippen molar-refractivity contribution in [1.29, 1.82) is 0 Å². The molecule has 1 fully saturated rings. The van der Waals surface area contributed by atoms with E-state index in [2.05, 4.69) is 10.2 Å². The maximum Gasteiger partial charge on any atom is 0.243 e. The molecule has 26 heavy (non-hydrogen) atoms. The van der Waals surface area contributed by atoms with Gasteiger partial charge in [-0.1, -0.05) is 38.5 Å². The van der Waals surface area contributed by atoms with Crippen LogP contribution in [-0.2, 0) is 21.4 Å². The highest BCUT2D eigenvalue weighted by atomic mass is 32.2. The van der Waals surface area contributed by atoms with Crippen molar-refractivity contribution in [2.24, 2.45) is 11.7 Å². The smallest absolute Gasteiger partial charge is 0.243 e. The van der Waals surface area contributed by atoms with Crippen LogP contribution in [0.3, 0.4) is 0 Å². The van der Waals surface area contributed by atoms with E-state index < -0.39 is 16.1 Å². The summed E-state index contributed by atoms with van der Waals surface area (Å²) in [6.07, 6.45) is 0.808. The molecule has 1 aromatic rings. The van der Waals surface area contributed by atoms with Gasteiger partial charge in [-0.3, -0.25) is 4.79 Å². The highest BCUT2D eigenvalue weighted by Crippen LogP contribution is 2.21. The van der Waals surface area contributed by atoms with E-state index in [0.717, 1.165) is 6.42 Å². The van der Waals surface area contributed by atoms with Crippen molar-refractivity contribution in [2.75, 3.05) is 33.2 Å². The number of likely N-dealkylation sites (N-methyl/N-ethyl adjacent to an activating group) is 1. The van der Waals surface area contributed by atoms with Gasteiger partial charge in [0.2, 0.25) is 15.9 Å². The van der Waals surface area contributed by atoms with E-state index >= 15 is 0 Å². The van der Waals surface area contributed by atoms with Gasteiger partial charge in [-0.25, -0.2) is 8.42 Å². The molecule has 2 atom stereocenters. The van der Waals surface area contributed by atoms with Crippen molar-refractivity contribution in [3.63, 3.8) is 0 Å². The third-order valence-corrected chi connectivity index (χ3v) is 7.06.